The van der Waals surface area contributed by atoms with E-state index in [4.69, 9.17) is 4.74 Å². The number of carbonyl (C=O) groups excluding carboxylic acids is 2. The minimum Gasteiger partial charge on any atom is -0.444 e. The molecule has 7 heteroatoms. The van der Waals surface area contributed by atoms with E-state index in [2.05, 4.69) is 4.98 Å². The summed E-state index contributed by atoms with van der Waals surface area (Å²) in [6.07, 6.45) is 3.68. The third-order valence-corrected chi connectivity index (χ3v) is 6.13. The van der Waals surface area contributed by atoms with Crippen molar-refractivity contribution >= 4 is 23.3 Å². The van der Waals surface area contributed by atoms with Gasteiger partial charge in [0.25, 0.3) is 0 Å². The Kier molecular flexibility index (Phi) is 5.55. The second-order valence-corrected chi connectivity index (χ2v) is 9.35. The minimum absolute atomic E-state index is 0.0660. The summed E-state index contributed by atoms with van der Waals surface area (Å²) in [6, 6.07) is 0. The highest BCUT2D eigenvalue weighted by atomic mass is 32.1. The van der Waals surface area contributed by atoms with E-state index in [1.165, 1.54) is 0 Å². The van der Waals surface area contributed by atoms with Crippen molar-refractivity contribution in [1.82, 2.24) is 14.8 Å². The summed E-state index contributed by atoms with van der Waals surface area (Å²) in [5, 5.41) is 3.13. The summed E-state index contributed by atoms with van der Waals surface area (Å²) >= 11 is 1.67. The van der Waals surface area contributed by atoms with E-state index in [9.17, 15) is 9.59 Å². The molecule has 26 heavy (non-hydrogen) atoms. The van der Waals surface area contributed by atoms with Gasteiger partial charge in [0.1, 0.15) is 5.60 Å². The van der Waals surface area contributed by atoms with Crippen molar-refractivity contribution in [3.8, 4) is 0 Å². The summed E-state index contributed by atoms with van der Waals surface area (Å²) in [5.41, 5.74) is -0.484. The van der Waals surface area contributed by atoms with Gasteiger partial charge in [-0.2, -0.15) is 0 Å². The largest absolute Gasteiger partial charge is 0.444 e. The first-order valence-electron chi connectivity index (χ1n) is 9.40. The number of carbonyl (C=O) groups is 2. The monoisotopic (exact) mass is 379 g/mol. The Hall–Kier alpha value is -1.63. The van der Waals surface area contributed by atoms with Crippen LogP contribution in [0, 0.1) is 11.8 Å². The predicted molar refractivity (Wildman–Crippen MR) is 101 cm³/mol. The van der Waals surface area contributed by atoms with E-state index >= 15 is 0 Å². The third kappa shape index (κ3) is 4.37. The fourth-order valence-electron chi connectivity index (χ4n) is 3.61. The molecular formula is C19H29N3O3S. The number of ether oxygens (including phenoxy) is 1. The van der Waals surface area contributed by atoms with Gasteiger partial charge in [0.2, 0.25) is 5.91 Å². The normalized spacial score (nSPS) is 22.7. The van der Waals surface area contributed by atoms with Crippen LogP contribution < -0.4 is 0 Å². The Morgan fingerprint density at radius 2 is 2.00 bits per heavy atom. The van der Waals surface area contributed by atoms with Crippen LogP contribution >= 0.6 is 11.3 Å². The van der Waals surface area contributed by atoms with Gasteiger partial charge in [-0.3, -0.25) is 4.79 Å². The fourth-order valence-corrected chi connectivity index (χ4v) is 4.38. The van der Waals surface area contributed by atoms with Crippen molar-refractivity contribution in [2.45, 2.75) is 52.1 Å². The minimum atomic E-state index is -0.484. The summed E-state index contributed by atoms with van der Waals surface area (Å²) in [5.74, 6) is 0.721. The van der Waals surface area contributed by atoms with E-state index in [1.807, 2.05) is 44.2 Å². The number of piperidine rings is 1. The maximum absolute atomic E-state index is 12.9. The van der Waals surface area contributed by atoms with Crippen LogP contribution in [0.2, 0.25) is 0 Å². The van der Waals surface area contributed by atoms with Crippen LogP contribution in [-0.4, -0.2) is 58.6 Å². The van der Waals surface area contributed by atoms with E-state index in [1.54, 1.807) is 16.2 Å². The topological polar surface area (TPSA) is 62.7 Å². The van der Waals surface area contributed by atoms with Gasteiger partial charge < -0.3 is 14.5 Å². The number of nitrogens with zero attached hydrogens (tertiary/aromatic N) is 3. The molecule has 0 unspecified atom stereocenters. The summed E-state index contributed by atoms with van der Waals surface area (Å²) in [7, 11) is 0. The zero-order valence-corrected chi connectivity index (χ0v) is 16.9. The number of hydrogen-bond donors (Lipinski definition) is 0. The van der Waals surface area contributed by atoms with Crippen LogP contribution in [0.15, 0.2) is 11.6 Å². The van der Waals surface area contributed by atoms with Crippen LogP contribution in [-0.2, 0) is 9.53 Å². The smallest absolute Gasteiger partial charge is 0.410 e. The quantitative estimate of drug-likeness (QED) is 0.808. The summed E-state index contributed by atoms with van der Waals surface area (Å²) < 4.78 is 5.39. The van der Waals surface area contributed by atoms with Crippen molar-refractivity contribution in [3.63, 3.8) is 0 Å². The first-order valence-corrected chi connectivity index (χ1v) is 10.3. The summed E-state index contributed by atoms with van der Waals surface area (Å²) in [6.45, 7) is 10.4. The molecule has 0 aliphatic carbocycles. The number of rotatable bonds is 3. The van der Waals surface area contributed by atoms with Crippen LogP contribution in [0.4, 0.5) is 4.79 Å². The molecule has 3 heterocycles. The zero-order chi connectivity index (χ0) is 18.9. The van der Waals surface area contributed by atoms with Gasteiger partial charge in [0.15, 0.2) is 0 Å². The lowest BCUT2D eigenvalue weighted by atomic mass is 9.85. The number of aromatic nitrogens is 1. The number of amides is 2. The van der Waals surface area contributed by atoms with Crippen molar-refractivity contribution in [1.29, 1.82) is 0 Å². The average molecular weight is 380 g/mol. The lowest BCUT2D eigenvalue weighted by Gasteiger charge is -2.43. The SMILES string of the molecule is C[C@@H](C(=O)N1CCC[C@@H](c2nccs2)C1)C1CN(C(=O)OC(C)(C)C)C1. The van der Waals surface area contributed by atoms with Crippen LogP contribution in [0.3, 0.4) is 0 Å². The lowest BCUT2D eigenvalue weighted by molar-refractivity contribution is -0.140. The first-order chi connectivity index (χ1) is 12.2. The van der Waals surface area contributed by atoms with Crippen molar-refractivity contribution < 1.29 is 14.3 Å². The van der Waals surface area contributed by atoms with Gasteiger partial charge in [-0.25, -0.2) is 9.78 Å². The molecule has 0 bridgehead atoms. The average Bonchev–Trinajstić information content (AvgIpc) is 3.05. The Balaban J connectivity index is 1.50. The Morgan fingerprint density at radius 3 is 2.62 bits per heavy atom. The van der Waals surface area contributed by atoms with E-state index in [0.717, 1.165) is 30.9 Å². The van der Waals surface area contributed by atoms with Gasteiger partial charge in [0.05, 0.1) is 5.01 Å². The molecule has 0 aromatic carbocycles. The van der Waals surface area contributed by atoms with E-state index in [-0.39, 0.29) is 23.8 Å². The van der Waals surface area contributed by atoms with Gasteiger partial charge in [-0.15, -0.1) is 11.3 Å². The highest BCUT2D eigenvalue weighted by molar-refractivity contribution is 7.09. The molecule has 0 saturated carbocycles. The standard InChI is InChI=1S/C19H29N3O3S/c1-13(15-11-22(12-15)18(24)25-19(2,3)4)17(23)21-8-5-6-14(10-21)16-20-7-9-26-16/h7,9,13-15H,5-6,8,10-12H2,1-4H3/t13-,14-/m1/s1. The lowest BCUT2D eigenvalue weighted by Crippen LogP contribution is -2.56. The van der Waals surface area contributed by atoms with E-state index in [0.29, 0.717) is 19.0 Å². The molecule has 2 fully saturated rings. The van der Waals surface area contributed by atoms with Crippen LogP contribution in [0.25, 0.3) is 0 Å². The van der Waals surface area contributed by atoms with Crippen molar-refractivity contribution in [2.75, 3.05) is 26.2 Å². The molecule has 0 radical (unpaired) electrons. The Bertz CT molecular complexity index is 635. The van der Waals surface area contributed by atoms with Gasteiger partial charge in [-0.1, -0.05) is 6.92 Å². The number of thiazole rings is 1. The number of likely N-dealkylation sites (tertiary alicyclic amines) is 2. The van der Waals surface area contributed by atoms with Crippen molar-refractivity contribution in [3.05, 3.63) is 16.6 Å². The fraction of sp³-hybridized carbons (Fsp3) is 0.737. The molecule has 3 rings (SSSR count). The second-order valence-electron chi connectivity index (χ2n) is 8.43. The molecule has 2 atom stereocenters. The Morgan fingerprint density at radius 1 is 1.27 bits per heavy atom. The molecule has 2 aliphatic rings. The summed E-state index contributed by atoms with van der Waals surface area (Å²) in [4.78, 5) is 33.1. The molecule has 0 spiro atoms. The second kappa shape index (κ2) is 7.55. The molecule has 0 N–H and O–H groups in total. The van der Waals surface area contributed by atoms with Crippen LogP contribution in [0.5, 0.6) is 0 Å². The highest BCUT2D eigenvalue weighted by Gasteiger charge is 2.40. The maximum Gasteiger partial charge on any atom is 0.410 e. The van der Waals surface area contributed by atoms with Gasteiger partial charge >= 0.3 is 6.09 Å². The molecular weight excluding hydrogens is 350 g/mol. The van der Waals surface area contributed by atoms with Gasteiger partial charge in [0, 0.05) is 55.5 Å². The molecule has 1 aromatic heterocycles. The van der Waals surface area contributed by atoms with Gasteiger partial charge in [-0.05, 0) is 33.6 Å². The Labute approximate surface area is 159 Å². The molecule has 6 nitrogen and oxygen atoms in total. The molecule has 1 aromatic rings. The molecule has 2 amide bonds. The maximum atomic E-state index is 12.9. The number of hydrogen-bond acceptors (Lipinski definition) is 5. The van der Waals surface area contributed by atoms with E-state index < -0.39 is 5.60 Å². The first kappa shape index (κ1) is 19.1. The zero-order valence-electron chi connectivity index (χ0n) is 16.1. The van der Waals surface area contributed by atoms with Crippen LogP contribution in [0.1, 0.15) is 51.5 Å². The molecule has 144 valence electrons. The molecule has 2 saturated heterocycles. The third-order valence-electron chi connectivity index (χ3n) is 5.19. The highest BCUT2D eigenvalue weighted by Crippen LogP contribution is 2.31. The molecule has 2 aliphatic heterocycles. The van der Waals surface area contributed by atoms with Crippen molar-refractivity contribution in [2.24, 2.45) is 11.8 Å². The predicted octanol–water partition coefficient (Wildman–Crippen LogP) is 3.35.